The number of nitrogens with one attached hydrogen (secondary N) is 1. The van der Waals surface area contributed by atoms with E-state index in [1.54, 1.807) is 0 Å². The zero-order chi connectivity index (χ0) is 17.7. The Hall–Kier alpha value is -1.72. The van der Waals surface area contributed by atoms with Gasteiger partial charge in [-0.3, -0.25) is 14.4 Å². The molecule has 0 saturated carbocycles. The molecule has 1 aromatic carbocycles. The number of carbonyl (C=O) groups is 1. The van der Waals surface area contributed by atoms with Gasteiger partial charge >= 0.3 is 0 Å². The van der Waals surface area contributed by atoms with Crippen LogP contribution in [0, 0.1) is 5.82 Å². The van der Waals surface area contributed by atoms with Crippen LogP contribution in [0.1, 0.15) is 6.92 Å². The van der Waals surface area contributed by atoms with Crippen LogP contribution in [0.4, 0.5) is 15.2 Å². The van der Waals surface area contributed by atoms with E-state index >= 15 is 0 Å². The van der Waals surface area contributed by atoms with Crippen molar-refractivity contribution in [2.45, 2.75) is 11.3 Å². The van der Waals surface area contributed by atoms with Gasteiger partial charge in [0.15, 0.2) is 4.34 Å². The van der Waals surface area contributed by atoms with Gasteiger partial charge in [-0.15, -0.1) is 10.2 Å². The van der Waals surface area contributed by atoms with E-state index in [2.05, 4.69) is 15.5 Å². The van der Waals surface area contributed by atoms with Gasteiger partial charge in [-0.2, -0.15) is 0 Å². The van der Waals surface area contributed by atoms with E-state index < -0.39 is 28.3 Å². The van der Waals surface area contributed by atoms with Gasteiger partial charge in [-0.25, -0.2) is 12.8 Å². The molecule has 1 aromatic heterocycles. The molecular weight excluding hydrogens is 375 g/mol. The van der Waals surface area contributed by atoms with Gasteiger partial charge in [-0.1, -0.05) is 42.2 Å². The maximum Gasteiger partial charge on any atom is 0.246 e. The monoisotopic (exact) mass is 390 g/mol. The van der Waals surface area contributed by atoms with Crippen LogP contribution in [0.5, 0.6) is 0 Å². The molecule has 0 atom stereocenters. The number of nitrogens with zero attached hydrogens (tertiary/aromatic N) is 3. The lowest BCUT2D eigenvalue weighted by molar-refractivity contribution is -0.114. The molecule has 0 spiro atoms. The summed E-state index contributed by atoms with van der Waals surface area (Å²) in [6.45, 7) is 1.40. The number of sulfonamides is 1. The summed E-state index contributed by atoms with van der Waals surface area (Å²) < 4.78 is 39.1. The molecule has 2 aromatic rings. The molecule has 0 unspecified atom stereocenters. The molecular formula is C13H15FN4O3S3. The van der Waals surface area contributed by atoms with E-state index in [4.69, 9.17) is 0 Å². The summed E-state index contributed by atoms with van der Waals surface area (Å²) in [6, 6.07) is 5.36. The fourth-order valence-corrected chi connectivity index (χ4v) is 4.29. The number of para-hydroxylation sites is 1. The molecule has 0 radical (unpaired) electrons. The van der Waals surface area contributed by atoms with Crippen LogP contribution in [0.3, 0.4) is 0 Å². The molecule has 0 aliphatic carbocycles. The normalized spacial score (nSPS) is 11.3. The van der Waals surface area contributed by atoms with Crippen molar-refractivity contribution in [3.63, 3.8) is 0 Å². The Morgan fingerprint density at radius 1 is 1.38 bits per heavy atom. The molecule has 24 heavy (non-hydrogen) atoms. The number of benzene rings is 1. The highest BCUT2D eigenvalue weighted by atomic mass is 32.2. The van der Waals surface area contributed by atoms with Crippen molar-refractivity contribution in [3.8, 4) is 0 Å². The number of anilines is 2. The molecule has 1 heterocycles. The highest BCUT2D eigenvalue weighted by Gasteiger charge is 2.24. The van der Waals surface area contributed by atoms with Crippen molar-refractivity contribution < 1.29 is 17.6 Å². The summed E-state index contributed by atoms with van der Waals surface area (Å²) in [7, 11) is -3.84. The summed E-state index contributed by atoms with van der Waals surface area (Å²) in [5.74, 6) is -0.543. The van der Waals surface area contributed by atoms with Gasteiger partial charge in [0.05, 0.1) is 11.9 Å². The summed E-state index contributed by atoms with van der Waals surface area (Å²) in [6.07, 6.45) is 0.910. The summed E-state index contributed by atoms with van der Waals surface area (Å²) in [5.41, 5.74) is -0.186. The van der Waals surface area contributed by atoms with Gasteiger partial charge in [0.25, 0.3) is 0 Å². The van der Waals surface area contributed by atoms with Gasteiger partial charge in [0, 0.05) is 0 Å². The molecule has 0 aliphatic rings. The van der Waals surface area contributed by atoms with Gasteiger partial charge in [-0.05, 0) is 17.9 Å². The third-order valence-corrected chi connectivity index (χ3v) is 5.71. The quantitative estimate of drug-likeness (QED) is 0.576. The Morgan fingerprint density at radius 3 is 2.71 bits per heavy atom. The minimum atomic E-state index is -3.84. The van der Waals surface area contributed by atoms with Gasteiger partial charge < -0.3 is 0 Å². The lowest BCUT2D eigenvalue weighted by Gasteiger charge is -2.21. The number of thioether (sulfide) groups is 1. The Labute approximate surface area is 147 Å². The summed E-state index contributed by atoms with van der Waals surface area (Å²) in [4.78, 5) is 12.1. The van der Waals surface area contributed by atoms with E-state index in [0.29, 0.717) is 8.64 Å². The molecule has 0 bridgehead atoms. The first-order chi connectivity index (χ1) is 11.3. The molecule has 1 N–H and O–H groups in total. The van der Waals surface area contributed by atoms with Crippen LogP contribution in [0.15, 0.2) is 28.6 Å². The second-order valence-electron chi connectivity index (χ2n) is 4.58. The topological polar surface area (TPSA) is 92.3 Å². The van der Waals surface area contributed by atoms with Gasteiger partial charge in [0.1, 0.15) is 12.4 Å². The summed E-state index contributed by atoms with van der Waals surface area (Å²) in [5, 5.41) is 10.4. The molecule has 0 aliphatic heterocycles. The van der Waals surface area contributed by atoms with Crippen LogP contribution in [-0.4, -0.2) is 43.1 Å². The fraction of sp³-hybridized carbons (Fsp3) is 0.308. The van der Waals surface area contributed by atoms with Crippen molar-refractivity contribution in [1.29, 1.82) is 0 Å². The SMILES string of the molecule is CCSc1nnc(NC(=O)CN(c2ccccc2F)S(C)(=O)=O)s1. The number of aromatic nitrogens is 2. The fourth-order valence-electron chi connectivity index (χ4n) is 1.77. The Bertz CT molecular complexity index is 825. The van der Waals surface area contributed by atoms with Crippen LogP contribution >= 0.6 is 23.1 Å². The standard InChI is InChI=1S/C13H15FN4O3S3/c1-3-22-13-17-16-12(23-13)15-11(19)8-18(24(2,20)21)10-7-5-4-6-9(10)14/h4-7H,3,8H2,1-2H3,(H,15,16,19). The zero-order valence-corrected chi connectivity index (χ0v) is 15.3. The second-order valence-corrected chi connectivity index (χ2v) is 8.97. The Kier molecular flexibility index (Phi) is 6.13. The van der Waals surface area contributed by atoms with E-state index in [1.165, 1.54) is 41.3 Å². The average molecular weight is 390 g/mol. The van der Waals surface area contributed by atoms with E-state index in [9.17, 15) is 17.6 Å². The third kappa shape index (κ3) is 4.89. The molecule has 0 saturated heterocycles. The second kappa shape index (κ2) is 7.90. The number of hydrogen-bond acceptors (Lipinski definition) is 7. The molecule has 11 heteroatoms. The Balaban J connectivity index is 2.15. The maximum atomic E-state index is 13.9. The number of halogens is 1. The van der Waals surface area contributed by atoms with Crippen LogP contribution in [0.2, 0.25) is 0 Å². The number of rotatable bonds is 7. The number of hydrogen-bond donors (Lipinski definition) is 1. The van der Waals surface area contributed by atoms with Crippen molar-refractivity contribution in [2.24, 2.45) is 0 Å². The first kappa shape index (κ1) is 18.6. The highest BCUT2D eigenvalue weighted by molar-refractivity contribution is 8.01. The first-order valence-corrected chi connectivity index (χ1v) is 10.4. The van der Waals surface area contributed by atoms with Gasteiger partial charge in [0.2, 0.25) is 21.1 Å². The van der Waals surface area contributed by atoms with Crippen molar-refractivity contribution in [2.75, 3.05) is 28.2 Å². The minimum absolute atomic E-state index is 0.186. The van der Waals surface area contributed by atoms with Crippen LogP contribution < -0.4 is 9.62 Å². The molecule has 1 amide bonds. The average Bonchev–Trinajstić information content (AvgIpc) is 2.92. The van der Waals surface area contributed by atoms with E-state index in [1.807, 2.05) is 6.92 Å². The zero-order valence-electron chi connectivity index (χ0n) is 12.9. The molecule has 130 valence electrons. The van der Waals surface area contributed by atoms with E-state index in [0.717, 1.165) is 18.1 Å². The molecule has 0 fully saturated rings. The highest BCUT2D eigenvalue weighted by Crippen LogP contribution is 2.25. The van der Waals surface area contributed by atoms with Crippen LogP contribution in [-0.2, 0) is 14.8 Å². The van der Waals surface area contributed by atoms with Crippen molar-refractivity contribution >= 4 is 49.8 Å². The van der Waals surface area contributed by atoms with Crippen molar-refractivity contribution in [3.05, 3.63) is 30.1 Å². The predicted molar refractivity (Wildman–Crippen MR) is 93.5 cm³/mol. The predicted octanol–water partition coefficient (Wildman–Crippen LogP) is 2.19. The lowest BCUT2D eigenvalue weighted by atomic mass is 10.3. The lowest BCUT2D eigenvalue weighted by Crippen LogP contribution is -2.38. The number of amides is 1. The molecule has 2 rings (SSSR count). The Morgan fingerprint density at radius 2 is 2.08 bits per heavy atom. The minimum Gasteiger partial charge on any atom is -0.299 e. The van der Waals surface area contributed by atoms with Crippen molar-refractivity contribution in [1.82, 2.24) is 10.2 Å². The summed E-state index contributed by atoms with van der Waals surface area (Å²) >= 11 is 2.66. The molecule has 7 nitrogen and oxygen atoms in total. The number of carbonyl (C=O) groups excluding carboxylic acids is 1. The first-order valence-electron chi connectivity index (χ1n) is 6.79. The largest absolute Gasteiger partial charge is 0.299 e. The third-order valence-electron chi connectivity index (χ3n) is 2.73. The van der Waals surface area contributed by atoms with E-state index in [-0.39, 0.29) is 10.8 Å². The smallest absolute Gasteiger partial charge is 0.246 e. The maximum absolute atomic E-state index is 13.9. The van der Waals surface area contributed by atoms with Crippen LogP contribution in [0.25, 0.3) is 0 Å².